The summed E-state index contributed by atoms with van der Waals surface area (Å²) in [4.78, 5) is 18.0. The van der Waals surface area contributed by atoms with E-state index in [0.717, 1.165) is 0 Å². The van der Waals surface area contributed by atoms with Crippen molar-refractivity contribution in [1.29, 1.82) is 10.8 Å². The van der Waals surface area contributed by atoms with Crippen LogP contribution in [0, 0.1) is 10.8 Å². The summed E-state index contributed by atoms with van der Waals surface area (Å²) in [5.74, 6) is -2.91. The average molecular weight is 158 g/mol. The normalized spacial score (nSPS) is 5.33. The van der Waals surface area contributed by atoms with Crippen LogP contribution in [-0.2, 0) is 9.59 Å². The van der Waals surface area contributed by atoms with Crippen LogP contribution in [0.1, 0.15) is 0 Å². The van der Waals surface area contributed by atoms with Crippen LogP contribution in [0.15, 0.2) is 0 Å². The van der Waals surface area contributed by atoms with Gasteiger partial charge in [-0.25, -0.2) is 0 Å². The van der Waals surface area contributed by atoms with Crippen LogP contribution in [-0.4, -0.2) is 24.4 Å². The molecule has 0 atom stereocenters. The van der Waals surface area contributed by atoms with E-state index in [-0.39, 0.29) is 50.2 Å². The summed E-state index contributed by atoms with van der Waals surface area (Å²) < 4.78 is 0. The van der Waals surface area contributed by atoms with Crippen molar-refractivity contribution in [3.8, 4) is 0 Å². The first kappa shape index (κ1) is 22.5. The molecule has 0 aromatic rings. The summed E-state index contributed by atoms with van der Waals surface area (Å²) in [6, 6.07) is 0. The molecule has 0 aliphatic heterocycles. The van der Waals surface area contributed by atoms with Crippen LogP contribution >= 0.6 is 0 Å². The molecule has 0 saturated heterocycles. The van der Waals surface area contributed by atoms with Crippen molar-refractivity contribution in [2.24, 2.45) is 0 Å². The third-order valence-electron chi connectivity index (χ3n) is 0.236. The molecule has 0 spiro atoms. The van der Waals surface area contributed by atoms with E-state index < -0.39 is 11.9 Å². The second-order valence-corrected chi connectivity index (χ2v) is 0.927. The van der Waals surface area contributed by atoms with Crippen LogP contribution in [0.5, 0.6) is 0 Å². The Kier molecular flexibility index (Phi) is 31.6. The molecule has 0 radical (unpaired) electrons. The van der Waals surface area contributed by atoms with Gasteiger partial charge in [0, 0.05) is 12.4 Å². The Morgan fingerprint density at radius 1 is 0.917 bits per heavy atom. The number of carbonyl (C=O) groups is 2. The van der Waals surface area contributed by atoms with Gasteiger partial charge in [0.2, 0.25) is 0 Å². The van der Waals surface area contributed by atoms with E-state index in [1.165, 1.54) is 0 Å². The van der Waals surface area contributed by atoms with Gasteiger partial charge in [0.15, 0.2) is 0 Å². The molecule has 6 nitrogen and oxygen atoms in total. The number of hydrogen-bond acceptors (Lipinski definition) is 6. The number of carboxylic acid groups (broad SMARTS) is 2. The maximum absolute atomic E-state index is 9.01. The Labute approximate surface area is 92.7 Å². The molecule has 0 amide bonds. The predicted octanol–water partition coefficient (Wildman–Crippen LogP) is -9.22. The van der Waals surface area contributed by atoms with Gasteiger partial charge in [-0.2, -0.15) is 0 Å². The van der Waals surface area contributed by atoms with E-state index in [9.17, 15) is 0 Å². The van der Waals surface area contributed by atoms with E-state index in [0.29, 0.717) is 0 Å². The Hall–Kier alpha value is -0.525. The molecule has 0 saturated carbocycles. The molecule has 0 aliphatic rings. The quantitative estimate of drug-likeness (QED) is 0.305. The smallest absolute Gasteiger partial charge is 0.544 e. The van der Waals surface area contributed by atoms with Gasteiger partial charge in [-0.05, 0) is 0 Å². The molecular weight excluding hydrogens is 154 g/mol. The van der Waals surface area contributed by atoms with Crippen molar-refractivity contribution in [1.82, 2.24) is 0 Å². The van der Waals surface area contributed by atoms with E-state index >= 15 is 0 Å². The van der Waals surface area contributed by atoms with Gasteiger partial charge in [0.25, 0.3) is 0 Å². The zero-order chi connectivity index (χ0) is 8.57. The average Bonchev–Trinajstić information content (AvgIpc) is 1.89. The van der Waals surface area contributed by atoms with Crippen LogP contribution in [0.2, 0.25) is 0 Å². The van der Waals surface area contributed by atoms with Crippen molar-refractivity contribution < 1.29 is 57.5 Å². The molecule has 0 rings (SSSR count). The van der Waals surface area contributed by atoms with Crippen molar-refractivity contribution in [2.75, 3.05) is 0 Å². The van der Waals surface area contributed by atoms with Crippen LogP contribution in [0.25, 0.3) is 0 Å². The fraction of sp³-hybridized carbons (Fsp3) is 0. The van der Waals surface area contributed by atoms with E-state index in [1.54, 1.807) is 0 Å². The fourth-order valence-electron chi connectivity index (χ4n) is 0. The van der Waals surface area contributed by atoms with Crippen LogP contribution in [0.4, 0.5) is 0 Å². The number of aliphatic carboxylic acids is 2. The molecule has 8 heteroatoms. The predicted molar refractivity (Wildman–Crippen MR) is 27.6 cm³/mol. The second kappa shape index (κ2) is 16.8. The molecule has 56 valence electrons. The molecule has 2 N–H and O–H groups in total. The van der Waals surface area contributed by atoms with Crippen molar-refractivity contribution in [2.45, 2.75) is 0 Å². The number of carbonyl (C=O) groups excluding carboxylic acids is 2. The van der Waals surface area contributed by atoms with E-state index in [2.05, 4.69) is 0 Å². The summed E-state index contributed by atoms with van der Waals surface area (Å²) in [5.41, 5.74) is 0. The van der Waals surface area contributed by atoms with E-state index in [1.807, 2.05) is 0 Å². The second-order valence-electron chi connectivity index (χ2n) is 0.927. The molecule has 0 aliphatic carbocycles. The van der Waals surface area contributed by atoms with Crippen molar-refractivity contribution >= 4 is 24.4 Å². The molecule has 12 heavy (non-hydrogen) atoms. The molecule has 0 aromatic heterocycles. The Bertz CT molecular complexity index is 143. The monoisotopic (exact) mass is 158 g/mol. The third kappa shape index (κ3) is 56.4. The molecule has 0 bridgehead atoms. The maximum Gasteiger partial charge on any atom is 1.00 e. The van der Waals surface area contributed by atoms with E-state index in [4.69, 9.17) is 30.6 Å². The largest absolute Gasteiger partial charge is 1.00 e. The summed E-state index contributed by atoms with van der Waals surface area (Å²) in [5, 5.41) is 29.8. The minimum absolute atomic E-state index is 0. The zero-order valence-electron chi connectivity index (χ0n) is 6.79. The molecule has 0 unspecified atom stereocenters. The van der Waals surface area contributed by atoms with Crippen LogP contribution < -0.4 is 47.9 Å². The molecular formula is C4H4Li2N2O4. The van der Waals surface area contributed by atoms with Gasteiger partial charge in [-0.1, -0.05) is 0 Å². The molecule has 0 fully saturated rings. The Morgan fingerprint density at radius 3 is 1.00 bits per heavy atom. The van der Waals surface area contributed by atoms with Crippen LogP contribution in [0.3, 0.4) is 0 Å². The first-order valence-corrected chi connectivity index (χ1v) is 1.97. The fourth-order valence-corrected chi connectivity index (χ4v) is 0. The first-order chi connectivity index (χ1) is 4.54. The topological polar surface area (TPSA) is 128 Å². The SMILES string of the molecule is N=CC(=O)[O-].N=CC(=O)[O-].[Li+].[Li+]. The minimum Gasteiger partial charge on any atom is -0.544 e. The standard InChI is InChI=1S/2C2H3NO2.2Li/c2*3-1-2(4)5;;/h2*1,3H,(H,4,5);;/q;;2*+1/p-2. The summed E-state index contributed by atoms with van der Waals surface area (Å²) in [7, 11) is 0. The van der Waals surface area contributed by atoms with Gasteiger partial charge in [-0.15, -0.1) is 0 Å². The number of hydrogen-bond donors (Lipinski definition) is 2. The zero-order valence-corrected chi connectivity index (χ0v) is 6.79. The number of rotatable bonds is 2. The molecule has 0 aromatic carbocycles. The maximum atomic E-state index is 9.01. The summed E-state index contributed by atoms with van der Waals surface area (Å²) >= 11 is 0. The third-order valence-corrected chi connectivity index (χ3v) is 0.236. The van der Waals surface area contributed by atoms with Gasteiger partial charge in [-0.3, -0.25) is 0 Å². The van der Waals surface area contributed by atoms with Gasteiger partial charge in [0.1, 0.15) is 0 Å². The summed E-state index contributed by atoms with van der Waals surface area (Å²) in [6.45, 7) is 0. The number of carboxylic acids is 2. The molecule has 0 heterocycles. The summed E-state index contributed by atoms with van der Waals surface area (Å²) in [6.07, 6.45) is 0.444. The van der Waals surface area contributed by atoms with Crippen molar-refractivity contribution in [3.05, 3.63) is 0 Å². The van der Waals surface area contributed by atoms with Gasteiger partial charge < -0.3 is 30.6 Å². The van der Waals surface area contributed by atoms with Crippen molar-refractivity contribution in [3.63, 3.8) is 0 Å². The van der Waals surface area contributed by atoms with Gasteiger partial charge >= 0.3 is 37.7 Å². The first-order valence-electron chi connectivity index (χ1n) is 1.97. The Morgan fingerprint density at radius 2 is 1.00 bits per heavy atom. The number of nitrogens with one attached hydrogen (secondary N) is 2. The Balaban J connectivity index is -0.0000000457. The minimum atomic E-state index is -1.45. The van der Waals surface area contributed by atoms with Gasteiger partial charge in [0.05, 0.1) is 11.9 Å².